The van der Waals surface area contributed by atoms with E-state index in [1.807, 2.05) is 0 Å². The predicted octanol–water partition coefficient (Wildman–Crippen LogP) is 2.33. The molecule has 0 aromatic heterocycles. The summed E-state index contributed by atoms with van der Waals surface area (Å²) < 4.78 is 40.3. The van der Waals surface area contributed by atoms with Crippen LogP contribution in [-0.2, 0) is 5.92 Å². The first-order chi connectivity index (χ1) is 7.38. The molecule has 0 aliphatic heterocycles. The predicted molar refractivity (Wildman–Crippen MR) is 58.3 cm³/mol. The fourth-order valence-electron chi connectivity index (χ4n) is 1.50. The minimum atomic E-state index is -3.03. The molecule has 0 fully saturated rings. The summed E-state index contributed by atoms with van der Waals surface area (Å²) in [7, 11) is 3.19. The quantitative estimate of drug-likeness (QED) is 0.863. The number of benzene rings is 1. The molecule has 1 rings (SSSR count). The number of halogens is 3. The van der Waals surface area contributed by atoms with E-state index in [-0.39, 0.29) is 17.8 Å². The molecular formula is C11H15F3N2. The monoisotopic (exact) mass is 232 g/mol. The van der Waals surface area contributed by atoms with Crippen molar-refractivity contribution >= 4 is 5.69 Å². The summed E-state index contributed by atoms with van der Waals surface area (Å²) in [6.45, 7) is -0.114. The van der Waals surface area contributed by atoms with E-state index in [4.69, 9.17) is 5.73 Å². The Morgan fingerprint density at radius 1 is 1.31 bits per heavy atom. The maximum Gasteiger partial charge on any atom is 0.276 e. The number of rotatable bonds is 4. The molecule has 16 heavy (non-hydrogen) atoms. The van der Waals surface area contributed by atoms with Gasteiger partial charge in [-0.3, -0.25) is 0 Å². The van der Waals surface area contributed by atoms with Gasteiger partial charge in [-0.1, -0.05) is 0 Å². The van der Waals surface area contributed by atoms with Gasteiger partial charge in [-0.25, -0.2) is 13.2 Å². The van der Waals surface area contributed by atoms with E-state index >= 15 is 0 Å². The smallest absolute Gasteiger partial charge is 0.276 e. The van der Waals surface area contributed by atoms with E-state index in [0.29, 0.717) is 0 Å². The number of nitrogens with two attached hydrogens (primary N) is 1. The van der Waals surface area contributed by atoms with Gasteiger partial charge < -0.3 is 10.6 Å². The minimum absolute atomic E-state index is 0.114. The summed E-state index contributed by atoms with van der Waals surface area (Å²) >= 11 is 0. The second-order valence-corrected chi connectivity index (χ2v) is 3.80. The minimum Gasteiger partial charge on any atom is -0.377 e. The molecule has 1 aromatic rings. The topological polar surface area (TPSA) is 29.3 Å². The highest BCUT2D eigenvalue weighted by Crippen LogP contribution is 2.37. The number of anilines is 1. The van der Waals surface area contributed by atoms with Crippen molar-refractivity contribution in [2.24, 2.45) is 5.73 Å². The maximum atomic E-state index is 13.7. The Hall–Kier alpha value is -1.23. The van der Waals surface area contributed by atoms with Crippen LogP contribution >= 0.6 is 0 Å². The lowest BCUT2D eigenvalue weighted by atomic mass is 10.0. The number of hydrogen-bond acceptors (Lipinski definition) is 2. The molecule has 0 aliphatic rings. The third-order valence-electron chi connectivity index (χ3n) is 2.29. The van der Waals surface area contributed by atoms with Gasteiger partial charge in [-0.2, -0.15) is 0 Å². The van der Waals surface area contributed by atoms with Crippen molar-refractivity contribution < 1.29 is 13.2 Å². The lowest BCUT2D eigenvalue weighted by molar-refractivity contribution is -0.0102. The van der Waals surface area contributed by atoms with Crippen molar-refractivity contribution in [1.82, 2.24) is 0 Å². The number of nitrogens with zero attached hydrogens (tertiary/aromatic N) is 1. The maximum absolute atomic E-state index is 13.7. The largest absolute Gasteiger partial charge is 0.377 e. The summed E-state index contributed by atoms with van der Waals surface area (Å²) in [6.07, 6.45) is -0.445. The van der Waals surface area contributed by atoms with Crippen LogP contribution in [0.1, 0.15) is 12.0 Å². The third-order valence-corrected chi connectivity index (χ3v) is 2.29. The average Bonchev–Trinajstić information content (AvgIpc) is 2.16. The Morgan fingerprint density at radius 3 is 2.44 bits per heavy atom. The van der Waals surface area contributed by atoms with Gasteiger partial charge in [0.1, 0.15) is 5.82 Å². The fraction of sp³-hybridized carbons (Fsp3) is 0.455. The highest BCUT2D eigenvalue weighted by Gasteiger charge is 2.33. The lowest BCUT2D eigenvalue weighted by Gasteiger charge is -2.23. The molecule has 1 aromatic carbocycles. The van der Waals surface area contributed by atoms with E-state index in [0.717, 1.165) is 18.2 Å². The van der Waals surface area contributed by atoms with Crippen molar-refractivity contribution in [3.63, 3.8) is 0 Å². The van der Waals surface area contributed by atoms with Crippen LogP contribution in [0.3, 0.4) is 0 Å². The molecule has 0 aliphatic carbocycles. The molecule has 0 saturated carbocycles. The van der Waals surface area contributed by atoms with Crippen LogP contribution in [0, 0.1) is 5.82 Å². The van der Waals surface area contributed by atoms with Gasteiger partial charge in [0.15, 0.2) is 0 Å². The Kier molecular flexibility index (Phi) is 3.80. The standard InChI is InChI=1S/C11H15F3N2/c1-16(2)10-7-8(12)3-4-9(10)11(13,14)5-6-15/h3-4,7H,5-6,15H2,1-2H3. The first-order valence-electron chi connectivity index (χ1n) is 4.93. The van der Waals surface area contributed by atoms with Gasteiger partial charge in [0.05, 0.1) is 0 Å². The molecule has 0 unspecified atom stereocenters. The molecular weight excluding hydrogens is 217 g/mol. The highest BCUT2D eigenvalue weighted by molar-refractivity contribution is 5.54. The van der Waals surface area contributed by atoms with Crippen molar-refractivity contribution in [3.8, 4) is 0 Å². The van der Waals surface area contributed by atoms with E-state index in [9.17, 15) is 13.2 Å². The Morgan fingerprint density at radius 2 is 1.94 bits per heavy atom. The summed E-state index contributed by atoms with van der Waals surface area (Å²) in [5, 5.41) is 0. The van der Waals surface area contributed by atoms with Crippen LogP contribution < -0.4 is 10.6 Å². The van der Waals surface area contributed by atoms with E-state index < -0.39 is 18.2 Å². The van der Waals surface area contributed by atoms with Gasteiger partial charge in [-0.15, -0.1) is 0 Å². The molecule has 2 nitrogen and oxygen atoms in total. The zero-order valence-electron chi connectivity index (χ0n) is 9.30. The van der Waals surface area contributed by atoms with Crippen LogP contribution in [0.4, 0.5) is 18.9 Å². The number of hydrogen-bond donors (Lipinski definition) is 1. The van der Waals surface area contributed by atoms with Crippen molar-refractivity contribution in [2.75, 3.05) is 25.5 Å². The molecule has 0 radical (unpaired) electrons. The van der Waals surface area contributed by atoms with Crippen LogP contribution in [0.25, 0.3) is 0 Å². The summed E-state index contributed by atoms with van der Waals surface area (Å²) in [6, 6.07) is 3.24. The van der Waals surface area contributed by atoms with E-state index in [2.05, 4.69) is 0 Å². The Balaban J connectivity index is 3.22. The van der Waals surface area contributed by atoms with Crippen LogP contribution in [-0.4, -0.2) is 20.6 Å². The van der Waals surface area contributed by atoms with E-state index in [1.165, 1.54) is 4.90 Å². The van der Waals surface area contributed by atoms with Gasteiger partial charge in [0, 0.05) is 31.8 Å². The second-order valence-electron chi connectivity index (χ2n) is 3.80. The van der Waals surface area contributed by atoms with Gasteiger partial charge >= 0.3 is 0 Å². The molecule has 5 heteroatoms. The van der Waals surface area contributed by atoms with Gasteiger partial charge in [-0.05, 0) is 24.7 Å². The normalized spacial score (nSPS) is 11.6. The highest BCUT2D eigenvalue weighted by atomic mass is 19.3. The molecule has 0 bridgehead atoms. The van der Waals surface area contributed by atoms with E-state index in [1.54, 1.807) is 14.1 Å². The molecule has 0 heterocycles. The zero-order chi connectivity index (χ0) is 12.3. The van der Waals surface area contributed by atoms with Crippen LogP contribution in [0.15, 0.2) is 18.2 Å². The van der Waals surface area contributed by atoms with Crippen LogP contribution in [0.2, 0.25) is 0 Å². The lowest BCUT2D eigenvalue weighted by Crippen LogP contribution is -2.23. The summed E-state index contributed by atoms with van der Waals surface area (Å²) in [5.74, 6) is -3.56. The van der Waals surface area contributed by atoms with Gasteiger partial charge in [0.25, 0.3) is 5.92 Å². The van der Waals surface area contributed by atoms with Crippen molar-refractivity contribution in [2.45, 2.75) is 12.3 Å². The molecule has 0 spiro atoms. The van der Waals surface area contributed by atoms with Crippen LogP contribution in [0.5, 0.6) is 0 Å². The second kappa shape index (κ2) is 4.74. The third kappa shape index (κ3) is 2.66. The molecule has 90 valence electrons. The Labute approximate surface area is 92.9 Å². The molecule has 0 atom stereocenters. The summed E-state index contributed by atoms with van der Waals surface area (Å²) in [5.41, 5.74) is 5.13. The first kappa shape index (κ1) is 12.8. The Bertz CT molecular complexity index is 364. The molecule has 0 amide bonds. The SMILES string of the molecule is CN(C)c1cc(F)ccc1C(F)(F)CCN. The molecule has 0 saturated heterocycles. The van der Waals surface area contributed by atoms with Crippen molar-refractivity contribution in [1.29, 1.82) is 0 Å². The van der Waals surface area contributed by atoms with Crippen molar-refractivity contribution in [3.05, 3.63) is 29.6 Å². The summed E-state index contributed by atoms with van der Waals surface area (Å²) in [4.78, 5) is 1.46. The first-order valence-corrected chi connectivity index (χ1v) is 4.93. The fourth-order valence-corrected chi connectivity index (χ4v) is 1.50. The molecule has 2 N–H and O–H groups in total. The van der Waals surface area contributed by atoms with Gasteiger partial charge in [0.2, 0.25) is 0 Å². The number of alkyl halides is 2. The average molecular weight is 232 g/mol. The zero-order valence-corrected chi connectivity index (χ0v) is 9.30.